The fraction of sp³-hybridized carbons (Fsp3) is 0.182. The summed E-state index contributed by atoms with van der Waals surface area (Å²) in [5.74, 6) is -0.139. The Bertz CT molecular complexity index is 1190. The van der Waals surface area contributed by atoms with Crippen LogP contribution in [0.4, 0.5) is 0 Å². The maximum Gasteiger partial charge on any atom is 0.299 e. The van der Waals surface area contributed by atoms with E-state index in [4.69, 9.17) is 4.52 Å². The van der Waals surface area contributed by atoms with Crippen LogP contribution in [0.1, 0.15) is 17.5 Å². The summed E-state index contributed by atoms with van der Waals surface area (Å²) >= 11 is 0. The lowest BCUT2D eigenvalue weighted by Gasteiger charge is -2.07. The predicted molar refractivity (Wildman–Crippen MR) is 109 cm³/mol. The second-order valence-corrected chi connectivity index (χ2v) is 6.83. The van der Waals surface area contributed by atoms with E-state index in [2.05, 4.69) is 15.5 Å². The van der Waals surface area contributed by atoms with Crippen molar-refractivity contribution >= 4 is 17.0 Å². The van der Waals surface area contributed by atoms with Gasteiger partial charge in [-0.15, -0.1) is 0 Å². The number of amides is 1. The van der Waals surface area contributed by atoms with E-state index in [1.807, 2.05) is 61.5 Å². The number of aryl methyl sites for hydroxylation is 2. The summed E-state index contributed by atoms with van der Waals surface area (Å²) in [6.07, 6.45) is 1.60. The first-order valence-electron chi connectivity index (χ1n) is 9.34. The highest BCUT2D eigenvalue weighted by molar-refractivity contribution is 5.87. The number of hydrogen-bond donors (Lipinski definition) is 1. The normalized spacial score (nSPS) is 10.9. The number of rotatable bonds is 6. The van der Waals surface area contributed by atoms with Gasteiger partial charge in [0.2, 0.25) is 5.91 Å². The van der Waals surface area contributed by atoms with Gasteiger partial charge in [0.1, 0.15) is 11.2 Å². The fourth-order valence-corrected chi connectivity index (χ4v) is 3.02. The van der Waals surface area contributed by atoms with Crippen molar-refractivity contribution in [2.24, 2.45) is 0 Å². The van der Waals surface area contributed by atoms with Crippen LogP contribution < -0.4 is 10.9 Å². The van der Waals surface area contributed by atoms with Gasteiger partial charge in [0, 0.05) is 25.1 Å². The second-order valence-electron chi connectivity index (χ2n) is 6.83. The van der Waals surface area contributed by atoms with Crippen LogP contribution in [0, 0.1) is 6.92 Å². The summed E-state index contributed by atoms with van der Waals surface area (Å²) in [4.78, 5) is 29.1. The third kappa shape index (κ3) is 4.08. The van der Waals surface area contributed by atoms with Gasteiger partial charge in [-0.1, -0.05) is 65.3 Å². The largest absolute Gasteiger partial charge is 0.352 e. The maximum absolute atomic E-state index is 12.7. The zero-order chi connectivity index (χ0) is 20.2. The van der Waals surface area contributed by atoms with Crippen molar-refractivity contribution in [1.29, 1.82) is 0 Å². The molecular formula is C22H20N4O3. The van der Waals surface area contributed by atoms with Crippen LogP contribution >= 0.6 is 0 Å². The molecular weight excluding hydrogens is 368 g/mol. The monoisotopic (exact) mass is 388 g/mol. The zero-order valence-electron chi connectivity index (χ0n) is 16.0. The van der Waals surface area contributed by atoms with Crippen molar-refractivity contribution in [3.8, 4) is 11.3 Å². The quantitative estimate of drug-likeness (QED) is 0.548. The van der Waals surface area contributed by atoms with Gasteiger partial charge in [-0.25, -0.2) is 4.98 Å². The maximum atomic E-state index is 12.7. The minimum Gasteiger partial charge on any atom is -0.352 e. The number of carbonyl (C=O) groups excluding carboxylic acids is 1. The van der Waals surface area contributed by atoms with Gasteiger partial charge in [-0.2, -0.15) is 0 Å². The van der Waals surface area contributed by atoms with Gasteiger partial charge in [-0.3, -0.25) is 14.2 Å². The SMILES string of the molecule is Cc1ccc(CNC(=O)CCn2cnc3c(-c4ccccc4)noc3c2=O)cc1. The van der Waals surface area contributed by atoms with Crippen molar-refractivity contribution in [2.45, 2.75) is 26.4 Å². The Balaban J connectivity index is 1.43. The van der Waals surface area contributed by atoms with E-state index in [9.17, 15) is 9.59 Å². The van der Waals surface area contributed by atoms with Crippen LogP contribution in [0.25, 0.3) is 22.4 Å². The molecule has 29 heavy (non-hydrogen) atoms. The number of fused-ring (bicyclic) bond motifs is 1. The van der Waals surface area contributed by atoms with Crippen LogP contribution in [0.5, 0.6) is 0 Å². The molecule has 0 aliphatic heterocycles. The van der Waals surface area contributed by atoms with E-state index in [0.717, 1.165) is 11.1 Å². The highest BCUT2D eigenvalue weighted by atomic mass is 16.5. The molecule has 0 spiro atoms. The first-order valence-corrected chi connectivity index (χ1v) is 9.34. The van der Waals surface area contributed by atoms with Crippen LogP contribution in [0.3, 0.4) is 0 Å². The molecule has 0 unspecified atom stereocenters. The zero-order valence-corrected chi connectivity index (χ0v) is 16.0. The average Bonchev–Trinajstić information content (AvgIpc) is 3.18. The molecule has 4 aromatic rings. The fourth-order valence-electron chi connectivity index (χ4n) is 3.02. The van der Waals surface area contributed by atoms with E-state index in [-0.39, 0.29) is 30.0 Å². The first-order chi connectivity index (χ1) is 14.1. The number of hydrogen-bond acceptors (Lipinski definition) is 5. The summed E-state index contributed by atoms with van der Waals surface area (Å²) in [5, 5.41) is 6.86. The van der Waals surface area contributed by atoms with Crippen molar-refractivity contribution in [3.05, 3.63) is 82.4 Å². The summed E-state index contributed by atoms with van der Waals surface area (Å²) in [5.41, 5.74) is 3.71. The van der Waals surface area contributed by atoms with Crippen molar-refractivity contribution in [2.75, 3.05) is 0 Å². The van der Waals surface area contributed by atoms with Crippen molar-refractivity contribution < 1.29 is 9.32 Å². The molecule has 0 radical (unpaired) electrons. The Morgan fingerprint density at radius 1 is 1.10 bits per heavy atom. The predicted octanol–water partition coefficient (Wildman–Crippen LogP) is 3.07. The molecule has 0 saturated carbocycles. The van der Waals surface area contributed by atoms with Gasteiger partial charge in [0.05, 0.1) is 6.33 Å². The molecule has 146 valence electrons. The van der Waals surface area contributed by atoms with E-state index < -0.39 is 0 Å². The standard InChI is InChI=1S/C22H20N4O3/c1-15-7-9-16(10-8-15)13-23-18(27)11-12-26-14-24-20-19(17-5-3-2-4-6-17)25-29-21(20)22(26)28/h2-10,14H,11-13H2,1H3,(H,23,27). The molecule has 0 saturated heterocycles. The van der Waals surface area contributed by atoms with Gasteiger partial charge in [-0.05, 0) is 12.5 Å². The Morgan fingerprint density at radius 3 is 2.62 bits per heavy atom. The molecule has 2 aromatic heterocycles. The lowest BCUT2D eigenvalue weighted by atomic mass is 10.1. The van der Waals surface area contributed by atoms with Crippen molar-refractivity contribution in [1.82, 2.24) is 20.0 Å². The van der Waals surface area contributed by atoms with Gasteiger partial charge >= 0.3 is 0 Å². The van der Waals surface area contributed by atoms with Crippen LogP contribution in [-0.4, -0.2) is 20.6 Å². The lowest BCUT2D eigenvalue weighted by molar-refractivity contribution is -0.121. The minimum atomic E-state index is -0.351. The van der Waals surface area contributed by atoms with Crippen LogP contribution in [-0.2, 0) is 17.9 Å². The average molecular weight is 388 g/mol. The van der Waals surface area contributed by atoms with E-state index in [1.54, 1.807) is 0 Å². The van der Waals surface area contributed by atoms with E-state index in [1.165, 1.54) is 16.5 Å². The first kappa shape index (κ1) is 18.6. The van der Waals surface area contributed by atoms with Crippen molar-refractivity contribution in [3.63, 3.8) is 0 Å². The van der Waals surface area contributed by atoms with E-state index >= 15 is 0 Å². The summed E-state index contributed by atoms with van der Waals surface area (Å²) in [6.45, 7) is 2.68. The van der Waals surface area contributed by atoms with Gasteiger partial charge in [0.15, 0.2) is 0 Å². The van der Waals surface area contributed by atoms with Gasteiger partial charge in [0.25, 0.3) is 11.1 Å². The Morgan fingerprint density at radius 2 is 1.86 bits per heavy atom. The smallest absolute Gasteiger partial charge is 0.299 e. The summed E-state index contributed by atoms with van der Waals surface area (Å²) in [6, 6.07) is 17.4. The number of carbonyl (C=O) groups is 1. The molecule has 1 N–H and O–H groups in total. The lowest BCUT2D eigenvalue weighted by Crippen LogP contribution is -2.27. The van der Waals surface area contributed by atoms with Crippen LogP contribution in [0.15, 0.2) is 70.2 Å². The molecule has 7 nitrogen and oxygen atoms in total. The molecule has 0 fully saturated rings. The Hall–Kier alpha value is -3.74. The van der Waals surface area contributed by atoms with Crippen LogP contribution in [0.2, 0.25) is 0 Å². The number of nitrogens with one attached hydrogen (secondary N) is 1. The highest BCUT2D eigenvalue weighted by Gasteiger charge is 2.16. The number of nitrogens with zero attached hydrogens (tertiary/aromatic N) is 3. The molecule has 7 heteroatoms. The number of aromatic nitrogens is 3. The third-order valence-electron chi connectivity index (χ3n) is 4.69. The topological polar surface area (TPSA) is 90.0 Å². The summed E-state index contributed by atoms with van der Waals surface area (Å²) < 4.78 is 6.62. The minimum absolute atomic E-state index is 0.0893. The molecule has 2 aromatic carbocycles. The molecule has 0 bridgehead atoms. The molecule has 0 aliphatic rings. The molecule has 0 aliphatic carbocycles. The second kappa shape index (κ2) is 8.10. The molecule has 1 amide bonds. The Kier molecular flexibility index (Phi) is 5.20. The highest BCUT2D eigenvalue weighted by Crippen LogP contribution is 2.23. The van der Waals surface area contributed by atoms with Gasteiger partial charge < -0.3 is 9.84 Å². The Labute approximate surface area is 167 Å². The van der Waals surface area contributed by atoms with E-state index in [0.29, 0.717) is 17.8 Å². The third-order valence-corrected chi connectivity index (χ3v) is 4.69. The summed E-state index contributed by atoms with van der Waals surface area (Å²) in [7, 11) is 0. The molecule has 4 rings (SSSR count). The molecule has 2 heterocycles. The number of benzene rings is 2. The molecule has 0 atom stereocenters.